The van der Waals surface area contributed by atoms with Crippen LogP contribution in [0.3, 0.4) is 0 Å². The van der Waals surface area contributed by atoms with Gasteiger partial charge >= 0.3 is 5.97 Å². The van der Waals surface area contributed by atoms with Crippen molar-refractivity contribution < 1.29 is 14.7 Å². The summed E-state index contributed by atoms with van der Waals surface area (Å²) in [5.74, 6) is -1.13. The Hall–Kier alpha value is -1.10. The van der Waals surface area contributed by atoms with Crippen LogP contribution in [0.4, 0.5) is 0 Å². The van der Waals surface area contributed by atoms with Gasteiger partial charge in [-0.25, -0.2) is 0 Å². The van der Waals surface area contributed by atoms with Crippen LogP contribution in [0.15, 0.2) is 0 Å². The largest absolute Gasteiger partial charge is 0.480 e. The van der Waals surface area contributed by atoms with Gasteiger partial charge in [0.15, 0.2) is 0 Å². The van der Waals surface area contributed by atoms with Gasteiger partial charge in [-0.15, -0.1) is 0 Å². The first-order valence-corrected chi connectivity index (χ1v) is 4.73. The molecule has 0 aliphatic rings. The van der Waals surface area contributed by atoms with Gasteiger partial charge in [0.1, 0.15) is 6.04 Å². The number of carboxylic acid groups (broad SMARTS) is 1. The summed E-state index contributed by atoms with van der Waals surface area (Å²) in [5.41, 5.74) is 0. The van der Waals surface area contributed by atoms with Gasteiger partial charge in [0, 0.05) is 6.04 Å². The molecular weight excluding hydrogens is 184 g/mol. The SMILES string of the molecule is CCC(C)NC(=O)CN[C@H](C)C(=O)O. The molecular formula is C9H18N2O3. The molecule has 0 bridgehead atoms. The first-order chi connectivity index (χ1) is 6.47. The number of rotatable bonds is 6. The van der Waals surface area contributed by atoms with Crippen molar-refractivity contribution in [3.63, 3.8) is 0 Å². The molecule has 3 N–H and O–H groups in total. The van der Waals surface area contributed by atoms with Gasteiger partial charge in [-0.3, -0.25) is 14.9 Å². The molecule has 0 aromatic carbocycles. The van der Waals surface area contributed by atoms with Crippen LogP contribution >= 0.6 is 0 Å². The lowest BCUT2D eigenvalue weighted by atomic mass is 10.2. The maximum absolute atomic E-state index is 11.2. The van der Waals surface area contributed by atoms with E-state index in [1.54, 1.807) is 0 Å². The highest BCUT2D eigenvalue weighted by Gasteiger charge is 2.12. The predicted molar refractivity (Wildman–Crippen MR) is 53.0 cm³/mol. The molecule has 0 fully saturated rings. The Balaban J connectivity index is 3.69. The number of hydrogen-bond donors (Lipinski definition) is 3. The van der Waals surface area contributed by atoms with Gasteiger partial charge < -0.3 is 10.4 Å². The maximum atomic E-state index is 11.2. The Morgan fingerprint density at radius 1 is 1.36 bits per heavy atom. The molecule has 0 saturated carbocycles. The number of hydrogen-bond acceptors (Lipinski definition) is 3. The minimum absolute atomic E-state index is 0.0395. The molecule has 5 heteroatoms. The molecule has 0 aromatic heterocycles. The Kier molecular flexibility index (Phi) is 5.87. The van der Waals surface area contributed by atoms with Crippen molar-refractivity contribution >= 4 is 11.9 Å². The number of carbonyl (C=O) groups is 2. The van der Waals surface area contributed by atoms with Gasteiger partial charge in [-0.05, 0) is 20.3 Å². The standard InChI is InChI=1S/C9H18N2O3/c1-4-6(2)11-8(12)5-10-7(3)9(13)14/h6-7,10H,4-5H2,1-3H3,(H,11,12)(H,13,14)/t6?,7-/m1/s1. The van der Waals surface area contributed by atoms with Crippen molar-refractivity contribution in [2.45, 2.75) is 39.3 Å². The zero-order chi connectivity index (χ0) is 11.1. The van der Waals surface area contributed by atoms with Crippen LogP contribution in [0, 0.1) is 0 Å². The van der Waals surface area contributed by atoms with Crippen LogP contribution < -0.4 is 10.6 Å². The molecule has 0 aromatic rings. The van der Waals surface area contributed by atoms with E-state index in [0.717, 1.165) is 6.42 Å². The predicted octanol–water partition coefficient (Wildman–Crippen LogP) is -0.0362. The summed E-state index contributed by atoms with van der Waals surface area (Å²) >= 11 is 0. The number of nitrogens with one attached hydrogen (secondary N) is 2. The fourth-order valence-electron chi connectivity index (χ4n) is 0.761. The highest BCUT2D eigenvalue weighted by Crippen LogP contribution is 1.87. The normalized spacial score (nSPS) is 14.5. The number of carbonyl (C=O) groups excluding carboxylic acids is 1. The van der Waals surface area contributed by atoms with Gasteiger partial charge in [-0.1, -0.05) is 6.92 Å². The van der Waals surface area contributed by atoms with Gasteiger partial charge in [-0.2, -0.15) is 0 Å². The summed E-state index contributed by atoms with van der Waals surface area (Å²) < 4.78 is 0. The smallest absolute Gasteiger partial charge is 0.320 e. The van der Waals surface area contributed by atoms with E-state index in [-0.39, 0.29) is 18.5 Å². The van der Waals surface area contributed by atoms with Gasteiger partial charge in [0.05, 0.1) is 6.54 Å². The summed E-state index contributed by atoms with van der Waals surface area (Å²) in [6, 6.07) is -0.567. The lowest BCUT2D eigenvalue weighted by molar-refractivity contribution is -0.139. The highest BCUT2D eigenvalue weighted by atomic mass is 16.4. The van der Waals surface area contributed by atoms with E-state index in [4.69, 9.17) is 5.11 Å². The molecule has 0 rings (SSSR count). The number of carboxylic acids is 1. The van der Waals surface area contributed by atoms with Crippen molar-refractivity contribution in [3.8, 4) is 0 Å². The van der Waals surface area contributed by atoms with Crippen molar-refractivity contribution in [1.29, 1.82) is 0 Å². The second-order valence-corrected chi connectivity index (χ2v) is 3.32. The van der Waals surface area contributed by atoms with E-state index in [1.807, 2.05) is 13.8 Å². The molecule has 0 spiro atoms. The van der Waals surface area contributed by atoms with E-state index in [0.29, 0.717) is 0 Å². The quantitative estimate of drug-likeness (QED) is 0.565. The van der Waals surface area contributed by atoms with Crippen LogP contribution in [-0.2, 0) is 9.59 Å². The third-order valence-electron chi connectivity index (χ3n) is 1.96. The third kappa shape index (κ3) is 5.53. The average Bonchev–Trinajstić information content (AvgIpc) is 2.13. The fourth-order valence-corrected chi connectivity index (χ4v) is 0.761. The summed E-state index contributed by atoms with van der Waals surface area (Å²) in [6.07, 6.45) is 0.861. The van der Waals surface area contributed by atoms with Gasteiger partial charge in [0.2, 0.25) is 5.91 Å². The molecule has 1 unspecified atom stereocenters. The maximum Gasteiger partial charge on any atom is 0.320 e. The number of amides is 1. The lowest BCUT2D eigenvalue weighted by Crippen LogP contribution is -2.43. The van der Waals surface area contributed by atoms with Crippen molar-refractivity contribution in [2.24, 2.45) is 0 Å². The summed E-state index contributed by atoms with van der Waals surface area (Å²) in [4.78, 5) is 21.6. The van der Waals surface area contributed by atoms with E-state index in [2.05, 4.69) is 10.6 Å². The lowest BCUT2D eigenvalue weighted by Gasteiger charge is -2.13. The number of aliphatic carboxylic acids is 1. The molecule has 0 aliphatic heterocycles. The Bertz CT molecular complexity index is 206. The molecule has 82 valence electrons. The fraction of sp³-hybridized carbons (Fsp3) is 0.778. The van der Waals surface area contributed by atoms with Gasteiger partial charge in [0.25, 0.3) is 0 Å². The monoisotopic (exact) mass is 202 g/mol. The van der Waals surface area contributed by atoms with Crippen LogP contribution in [0.2, 0.25) is 0 Å². The van der Waals surface area contributed by atoms with E-state index < -0.39 is 12.0 Å². The molecule has 5 nitrogen and oxygen atoms in total. The summed E-state index contributed by atoms with van der Waals surface area (Å²) in [6.45, 7) is 5.41. The minimum Gasteiger partial charge on any atom is -0.480 e. The highest BCUT2D eigenvalue weighted by molar-refractivity contribution is 5.79. The van der Waals surface area contributed by atoms with Crippen LogP contribution in [0.25, 0.3) is 0 Å². The topological polar surface area (TPSA) is 78.4 Å². The Morgan fingerprint density at radius 3 is 2.36 bits per heavy atom. The summed E-state index contributed by atoms with van der Waals surface area (Å²) in [7, 11) is 0. The van der Waals surface area contributed by atoms with E-state index in [1.165, 1.54) is 6.92 Å². The second-order valence-electron chi connectivity index (χ2n) is 3.32. The van der Waals surface area contributed by atoms with Crippen molar-refractivity contribution in [3.05, 3.63) is 0 Å². The van der Waals surface area contributed by atoms with Crippen LogP contribution in [-0.4, -0.2) is 35.6 Å². The molecule has 0 saturated heterocycles. The molecule has 0 aliphatic carbocycles. The molecule has 0 radical (unpaired) electrons. The van der Waals surface area contributed by atoms with E-state index >= 15 is 0 Å². The Morgan fingerprint density at radius 2 is 1.93 bits per heavy atom. The zero-order valence-corrected chi connectivity index (χ0v) is 8.83. The van der Waals surface area contributed by atoms with Crippen LogP contribution in [0.1, 0.15) is 27.2 Å². The molecule has 1 amide bonds. The van der Waals surface area contributed by atoms with Crippen molar-refractivity contribution in [1.82, 2.24) is 10.6 Å². The molecule has 0 heterocycles. The zero-order valence-electron chi connectivity index (χ0n) is 8.83. The molecule has 14 heavy (non-hydrogen) atoms. The van der Waals surface area contributed by atoms with E-state index in [9.17, 15) is 9.59 Å². The van der Waals surface area contributed by atoms with Crippen LogP contribution in [0.5, 0.6) is 0 Å². The third-order valence-corrected chi connectivity index (χ3v) is 1.96. The Labute approximate surface area is 83.9 Å². The average molecular weight is 202 g/mol. The summed E-state index contributed by atoms with van der Waals surface area (Å²) in [5, 5.41) is 13.9. The minimum atomic E-state index is -0.957. The molecule has 2 atom stereocenters. The second kappa shape index (κ2) is 6.37. The first kappa shape index (κ1) is 12.9. The first-order valence-electron chi connectivity index (χ1n) is 4.73. The van der Waals surface area contributed by atoms with Crippen molar-refractivity contribution in [2.75, 3.05) is 6.54 Å².